The van der Waals surface area contributed by atoms with Crippen molar-refractivity contribution in [1.82, 2.24) is 24.5 Å². The highest BCUT2D eigenvalue weighted by molar-refractivity contribution is 7.13. The van der Waals surface area contributed by atoms with Gasteiger partial charge >= 0.3 is 5.76 Å². The molecule has 8 heteroatoms. The summed E-state index contributed by atoms with van der Waals surface area (Å²) in [7, 11) is 0. The summed E-state index contributed by atoms with van der Waals surface area (Å²) in [6, 6.07) is 3.81. The Hall–Kier alpha value is -2.22. The standard InChI is InChI=1S/C13H15N5O2S/c1-9(2)6-18-11(14-8-15-18)7-17-12(16-20-13(17)19)10-4-3-5-21-10/h3-5,8-9H,6-7H2,1-2H3. The third-order valence-corrected chi connectivity index (χ3v) is 3.83. The lowest BCUT2D eigenvalue weighted by atomic mass is 10.2. The quantitative estimate of drug-likeness (QED) is 0.719. The van der Waals surface area contributed by atoms with Crippen molar-refractivity contribution in [3.63, 3.8) is 0 Å². The van der Waals surface area contributed by atoms with Gasteiger partial charge in [-0.05, 0) is 17.4 Å². The minimum Gasteiger partial charge on any atom is -0.295 e. The fourth-order valence-electron chi connectivity index (χ4n) is 2.04. The molecule has 0 aliphatic carbocycles. The van der Waals surface area contributed by atoms with Crippen molar-refractivity contribution in [2.75, 3.05) is 0 Å². The summed E-state index contributed by atoms with van der Waals surface area (Å²) >= 11 is 1.51. The first-order valence-electron chi connectivity index (χ1n) is 6.62. The predicted molar refractivity (Wildman–Crippen MR) is 78.0 cm³/mol. The Morgan fingerprint density at radius 1 is 1.43 bits per heavy atom. The zero-order valence-corrected chi connectivity index (χ0v) is 12.6. The Morgan fingerprint density at radius 3 is 3.00 bits per heavy atom. The molecular formula is C13H15N5O2S. The molecule has 7 nitrogen and oxygen atoms in total. The number of aromatic nitrogens is 5. The van der Waals surface area contributed by atoms with Crippen molar-refractivity contribution in [2.45, 2.75) is 26.9 Å². The van der Waals surface area contributed by atoms with Gasteiger partial charge in [-0.3, -0.25) is 4.52 Å². The van der Waals surface area contributed by atoms with E-state index in [1.54, 1.807) is 0 Å². The van der Waals surface area contributed by atoms with Gasteiger partial charge in [-0.1, -0.05) is 25.1 Å². The molecule has 0 N–H and O–H groups in total. The number of hydrogen-bond donors (Lipinski definition) is 0. The zero-order chi connectivity index (χ0) is 14.8. The van der Waals surface area contributed by atoms with E-state index in [0.717, 1.165) is 11.4 Å². The molecule has 0 unspecified atom stereocenters. The number of hydrogen-bond acceptors (Lipinski definition) is 6. The Labute approximate surface area is 124 Å². The van der Waals surface area contributed by atoms with Crippen LogP contribution in [0.4, 0.5) is 0 Å². The molecule has 0 radical (unpaired) electrons. The molecule has 21 heavy (non-hydrogen) atoms. The average Bonchev–Trinajstić information content (AvgIpc) is 3.13. The van der Waals surface area contributed by atoms with E-state index < -0.39 is 5.76 Å². The second-order valence-electron chi connectivity index (χ2n) is 5.09. The molecule has 0 fully saturated rings. The molecule has 0 saturated heterocycles. The molecule has 3 aromatic heterocycles. The highest BCUT2D eigenvalue weighted by atomic mass is 32.1. The largest absolute Gasteiger partial charge is 0.442 e. The van der Waals surface area contributed by atoms with Gasteiger partial charge in [0.2, 0.25) is 0 Å². The molecule has 0 aromatic carbocycles. The molecule has 3 aromatic rings. The third-order valence-electron chi connectivity index (χ3n) is 2.96. The van der Waals surface area contributed by atoms with Gasteiger partial charge in [0.25, 0.3) is 0 Å². The number of nitrogens with zero attached hydrogens (tertiary/aromatic N) is 5. The van der Waals surface area contributed by atoms with Crippen LogP contribution in [0.5, 0.6) is 0 Å². The van der Waals surface area contributed by atoms with Crippen LogP contribution in [0.15, 0.2) is 33.2 Å². The highest BCUT2D eigenvalue weighted by Gasteiger charge is 2.16. The highest BCUT2D eigenvalue weighted by Crippen LogP contribution is 2.22. The summed E-state index contributed by atoms with van der Waals surface area (Å²) in [4.78, 5) is 17.0. The van der Waals surface area contributed by atoms with Crippen molar-refractivity contribution >= 4 is 11.3 Å². The van der Waals surface area contributed by atoms with Crippen LogP contribution >= 0.6 is 11.3 Å². The number of thiophene rings is 1. The van der Waals surface area contributed by atoms with Gasteiger partial charge < -0.3 is 0 Å². The second-order valence-corrected chi connectivity index (χ2v) is 6.04. The first kappa shape index (κ1) is 13.7. The normalized spacial score (nSPS) is 11.4. The van der Waals surface area contributed by atoms with Crippen molar-refractivity contribution in [2.24, 2.45) is 5.92 Å². The van der Waals surface area contributed by atoms with E-state index in [1.807, 2.05) is 22.2 Å². The minimum absolute atomic E-state index is 0.294. The van der Waals surface area contributed by atoms with Gasteiger partial charge in [0.1, 0.15) is 12.2 Å². The smallest absolute Gasteiger partial charge is 0.295 e. The fourth-order valence-corrected chi connectivity index (χ4v) is 2.75. The maximum atomic E-state index is 11.9. The predicted octanol–water partition coefficient (Wildman–Crippen LogP) is 1.86. The fraction of sp³-hybridized carbons (Fsp3) is 0.385. The lowest BCUT2D eigenvalue weighted by Crippen LogP contribution is -2.20. The molecule has 110 valence electrons. The van der Waals surface area contributed by atoms with Crippen molar-refractivity contribution in [1.29, 1.82) is 0 Å². The molecule has 0 aliphatic heterocycles. The van der Waals surface area contributed by atoms with Crippen LogP contribution in [0.25, 0.3) is 10.7 Å². The second kappa shape index (κ2) is 5.65. The third kappa shape index (κ3) is 2.80. The summed E-state index contributed by atoms with van der Waals surface area (Å²) in [5.41, 5.74) is 0. The molecule has 0 atom stereocenters. The zero-order valence-electron chi connectivity index (χ0n) is 11.8. The van der Waals surface area contributed by atoms with Crippen LogP contribution in [-0.4, -0.2) is 24.5 Å². The maximum Gasteiger partial charge on any atom is 0.442 e. The van der Waals surface area contributed by atoms with Crippen LogP contribution in [0.2, 0.25) is 0 Å². The van der Waals surface area contributed by atoms with Gasteiger partial charge in [0.15, 0.2) is 5.82 Å². The lowest BCUT2D eigenvalue weighted by molar-refractivity contribution is 0.376. The lowest BCUT2D eigenvalue weighted by Gasteiger charge is -2.08. The maximum absolute atomic E-state index is 11.9. The molecule has 0 bridgehead atoms. The average molecular weight is 305 g/mol. The van der Waals surface area contributed by atoms with E-state index in [4.69, 9.17) is 4.52 Å². The van der Waals surface area contributed by atoms with E-state index in [0.29, 0.717) is 24.1 Å². The van der Waals surface area contributed by atoms with Crippen LogP contribution in [0, 0.1) is 5.92 Å². The summed E-state index contributed by atoms with van der Waals surface area (Å²) in [5, 5.41) is 9.99. The van der Waals surface area contributed by atoms with Crippen molar-refractivity contribution in [3.8, 4) is 10.7 Å². The Kier molecular flexibility index (Phi) is 3.70. The van der Waals surface area contributed by atoms with E-state index >= 15 is 0 Å². The van der Waals surface area contributed by atoms with Crippen molar-refractivity contribution < 1.29 is 4.52 Å². The van der Waals surface area contributed by atoms with Gasteiger partial charge in [-0.15, -0.1) is 11.3 Å². The summed E-state index contributed by atoms with van der Waals surface area (Å²) < 4.78 is 8.08. The first-order valence-corrected chi connectivity index (χ1v) is 7.50. The molecular weight excluding hydrogens is 290 g/mol. The molecule has 3 rings (SSSR count). The number of rotatable bonds is 5. The van der Waals surface area contributed by atoms with Crippen LogP contribution < -0.4 is 5.76 Å². The minimum atomic E-state index is -0.488. The molecule has 0 amide bonds. The Morgan fingerprint density at radius 2 is 2.29 bits per heavy atom. The topological polar surface area (TPSA) is 78.7 Å². The van der Waals surface area contributed by atoms with Crippen LogP contribution in [-0.2, 0) is 13.1 Å². The molecule has 3 heterocycles. The molecule has 0 spiro atoms. The van der Waals surface area contributed by atoms with E-state index in [1.165, 1.54) is 22.2 Å². The summed E-state index contributed by atoms with van der Waals surface area (Å²) in [5.74, 6) is 1.19. The van der Waals surface area contributed by atoms with Gasteiger partial charge in [-0.2, -0.15) is 5.10 Å². The van der Waals surface area contributed by atoms with Gasteiger partial charge in [0.05, 0.1) is 11.4 Å². The van der Waals surface area contributed by atoms with E-state index in [9.17, 15) is 4.79 Å². The first-order chi connectivity index (χ1) is 10.1. The van der Waals surface area contributed by atoms with Crippen LogP contribution in [0.3, 0.4) is 0 Å². The van der Waals surface area contributed by atoms with E-state index in [2.05, 4.69) is 29.1 Å². The van der Waals surface area contributed by atoms with Gasteiger partial charge in [-0.25, -0.2) is 19.0 Å². The Balaban J connectivity index is 1.94. The molecule has 0 saturated carbocycles. The monoisotopic (exact) mass is 305 g/mol. The van der Waals surface area contributed by atoms with Crippen LogP contribution in [0.1, 0.15) is 19.7 Å². The SMILES string of the molecule is CC(C)Cn1ncnc1Cn1c(-c2cccs2)noc1=O. The van der Waals surface area contributed by atoms with E-state index in [-0.39, 0.29) is 0 Å². The molecule has 0 aliphatic rings. The summed E-state index contributed by atoms with van der Waals surface area (Å²) in [6.45, 7) is 5.26. The van der Waals surface area contributed by atoms with Crippen molar-refractivity contribution in [3.05, 3.63) is 40.2 Å². The van der Waals surface area contributed by atoms with Gasteiger partial charge in [0, 0.05) is 6.54 Å². The summed E-state index contributed by atoms with van der Waals surface area (Å²) in [6.07, 6.45) is 1.50. The Bertz CT molecular complexity index is 769.